The number of hydrogen-bond acceptors (Lipinski definition) is 6. The van der Waals surface area contributed by atoms with Gasteiger partial charge in [-0.25, -0.2) is 0 Å². The Balaban J connectivity index is 0.000000362. The van der Waals surface area contributed by atoms with Crippen molar-refractivity contribution in [3.8, 4) is 6.07 Å². The fourth-order valence-electron chi connectivity index (χ4n) is 1.89. The summed E-state index contributed by atoms with van der Waals surface area (Å²) in [4.78, 5) is 11.5. The molecule has 0 fully saturated rings. The van der Waals surface area contributed by atoms with Crippen LogP contribution in [0.4, 0.5) is 11.4 Å². The average molecular weight is 464 g/mol. The van der Waals surface area contributed by atoms with E-state index >= 15 is 0 Å². The summed E-state index contributed by atoms with van der Waals surface area (Å²) in [7, 11) is 0. The van der Waals surface area contributed by atoms with E-state index in [1.54, 1.807) is 43.3 Å². The first-order valence-corrected chi connectivity index (χ1v) is 9.44. The van der Waals surface area contributed by atoms with Crippen LogP contribution in [-0.2, 0) is 9.53 Å². The molecule has 2 unspecified atom stereocenters. The van der Waals surface area contributed by atoms with Crippen molar-refractivity contribution in [3.63, 3.8) is 0 Å². The molecule has 5 N–H and O–H groups in total. The highest BCUT2D eigenvalue weighted by Crippen LogP contribution is 2.25. The second-order valence-electron chi connectivity index (χ2n) is 5.33. The lowest BCUT2D eigenvalue weighted by atomic mass is 10.1. The summed E-state index contributed by atoms with van der Waals surface area (Å²) in [6.45, 7) is 1.85. The molecule has 0 radical (unpaired) electrons. The Kier molecular flexibility index (Phi) is 10.2. The van der Waals surface area contributed by atoms with Gasteiger partial charge in [-0.2, -0.15) is 5.26 Å². The number of carbonyl (C=O) groups excluding carboxylic acids is 1. The maximum absolute atomic E-state index is 11.5. The lowest BCUT2D eigenvalue weighted by Crippen LogP contribution is -2.41. The van der Waals surface area contributed by atoms with E-state index in [2.05, 4.69) is 5.32 Å². The number of nitrogens with two attached hydrogens (primary N) is 2. The van der Waals surface area contributed by atoms with Crippen LogP contribution in [0.5, 0.6) is 0 Å². The Morgan fingerprint density at radius 1 is 1.11 bits per heavy atom. The van der Waals surface area contributed by atoms with E-state index < -0.39 is 18.1 Å². The molecular formula is C18H18Cl4N4O2. The molecule has 6 nitrogen and oxygen atoms in total. The molecule has 10 heteroatoms. The standard InChI is InChI=1S/C12H13Cl2N3O2.C6H5Cl2N/c1-2-19-12(18)8(6-15)11(16)17-7-3-4-9(13)10(14)5-7;7-5-2-1-4(9)3-6(5)8/h3-5,8,11,17H,2,16H2,1H3;1-3H,9H2. The first-order valence-electron chi connectivity index (χ1n) is 7.93. The van der Waals surface area contributed by atoms with Crippen LogP contribution in [0, 0.1) is 17.2 Å². The smallest absolute Gasteiger partial charge is 0.326 e. The van der Waals surface area contributed by atoms with Gasteiger partial charge in [0, 0.05) is 11.4 Å². The zero-order valence-electron chi connectivity index (χ0n) is 14.8. The predicted octanol–water partition coefficient (Wildman–Crippen LogP) is 4.97. The molecule has 0 saturated carbocycles. The summed E-state index contributed by atoms with van der Waals surface area (Å²) in [5, 5.41) is 13.5. The van der Waals surface area contributed by atoms with Gasteiger partial charge in [0.2, 0.25) is 0 Å². The number of nitrogens with one attached hydrogen (secondary N) is 1. The second-order valence-corrected chi connectivity index (χ2v) is 6.96. The number of hydrogen-bond donors (Lipinski definition) is 3. The third-order valence-electron chi connectivity index (χ3n) is 3.24. The van der Waals surface area contributed by atoms with Gasteiger partial charge in [0.15, 0.2) is 5.92 Å². The molecule has 0 amide bonds. The van der Waals surface area contributed by atoms with Crippen molar-refractivity contribution >= 4 is 63.7 Å². The third kappa shape index (κ3) is 7.63. The van der Waals surface area contributed by atoms with Crippen molar-refractivity contribution in [2.45, 2.75) is 13.1 Å². The van der Waals surface area contributed by atoms with Crippen molar-refractivity contribution in [1.82, 2.24) is 0 Å². The number of benzene rings is 2. The van der Waals surface area contributed by atoms with E-state index in [-0.39, 0.29) is 6.61 Å². The van der Waals surface area contributed by atoms with Gasteiger partial charge >= 0.3 is 5.97 Å². The Morgan fingerprint density at radius 3 is 2.14 bits per heavy atom. The largest absolute Gasteiger partial charge is 0.465 e. The average Bonchev–Trinajstić information content (AvgIpc) is 2.63. The van der Waals surface area contributed by atoms with Crippen LogP contribution < -0.4 is 16.8 Å². The number of halogens is 4. The predicted molar refractivity (Wildman–Crippen MR) is 115 cm³/mol. The number of nitriles is 1. The van der Waals surface area contributed by atoms with Gasteiger partial charge in [-0.15, -0.1) is 0 Å². The summed E-state index contributed by atoms with van der Waals surface area (Å²) >= 11 is 22.8. The molecular weight excluding hydrogens is 446 g/mol. The molecule has 0 aliphatic rings. The normalized spacial score (nSPS) is 12.0. The molecule has 28 heavy (non-hydrogen) atoms. The summed E-state index contributed by atoms with van der Waals surface area (Å²) < 4.78 is 4.77. The monoisotopic (exact) mass is 462 g/mol. The maximum Gasteiger partial charge on any atom is 0.326 e. The van der Waals surface area contributed by atoms with Crippen LogP contribution in [0.1, 0.15) is 6.92 Å². The third-order valence-corrected chi connectivity index (χ3v) is 4.71. The van der Waals surface area contributed by atoms with Crippen LogP contribution in [0.3, 0.4) is 0 Å². The van der Waals surface area contributed by atoms with Crippen molar-refractivity contribution in [2.24, 2.45) is 11.7 Å². The first kappa shape index (κ1) is 24.2. The number of carbonyl (C=O) groups is 1. The fraction of sp³-hybridized carbons (Fsp3) is 0.222. The molecule has 2 rings (SSSR count). The molecule has 0 spiro atoms. The summed E-state index contributed by atoms with van der Waals surface area (Å²) in [5.74, 6) is -1.76. The van der Waals surface area contributed by atoms with E-state index in [1.807, 2.05) is 6.07 Å². The molecule has 2 aromatic rings. The number of esters is 1. The lowest BCUT2D eigenvalue weighted by molar-refractivity contribution is -0.146. The van der Waals surface area contributed by atoms with Crippen molar-refractivity contribution in [2.75, 3.05) is 17.7 Å². The van der Waals surface area contributed by atoms with E-state index in [4.69, 9.17) is 67.9 Å². The molecule has 0 aliphatic heterocycles. The summed E-state index contributed by atoms with van der Waals surface area (Å²) in [6, 6.07) is 11.6. The highest BCUT2D eigenvalue weighted by atomic mass is 35.5. The Morgan fingerprint density at radius 2 is 1.68 bits per heavy atom. The van der Waals surface area contributed by atoms with E-state index in [0.717, 1.165) is 0 Å². The number of nitrogen functional groups attached to an aromatic ring is 1. The van der Waals surface area contributed by atoms with Gasteiger partial charge in [0.25, 0.3) is 0 Å². The fourth-order valence-corrected chi connectivity index (χ4v) is 2.49. The quantitative estimate of drug-likeness (QED) is 0.327. The van der Waals surface area contributed by atoms with Crippen molar-refractivity contribution in [3.05, 3.63) is 56.5 Å². The topological polar surface area (TPSA) is 114 Å². The molecule has 0 heterocycles. The van der Waals surface area contributed by atoms with Crippen LogP contribution in [0.15, 0.2) is 36.4 Å². The van der Waals surface area contributed by atoms with E-state index in [0.29, 0.717) is 31.5 Å². The van der Waals surface area contributed by atoms with Gasteiger partial charge in [-0.1, -0.05) is 46.4 Å². The minimum atomic E-state index is -1.10. The Labute approximate surface area is 183 Å². The van der Waals surface area contributed by atoms with Gasteiger partial charge in [-0.3, -0.25) is 4.79 Å². The Hall–Kier alpha value is -1.88. The molecule has 0 bridgehead atoms. The number of anilines is 2. The molecule has 2 atom stereocenters. The van der Waals surface area contributed by atoms with E-state index in [9.17, 15) is 4.79 Å². The zero-order valence-corrected chi connectivity index (χ0v) is 17.8. The van der Waals surface area contributed by atoms with Gasteiger partial charge < -0.3 is 21.5 Å². The first-order chi connectivity index (χ1) is 13.2. The lowest BCUT2D eigenvalue weighted by Gasteiger charge is -2.19. The van der Waals surface area contributed by atoms with Crippen LogP contribution in [0.2, 0.25) is 20.1 Å². The van der Waals surface area contributed by atoms with Gasteiger partial charge in [-0.05, 0) is 43.3 Å². The second kappa shape index (κ2) is 11.8. The molecule has 150 valence electrons. The Bertz CT molecular complexity index is 858. The number of rotatable bonds is 5. The number of ether oxygens (including phenoxy) is 1. The zero-order chi connectivity index (χ0) is 21.3. The van der Waals surface area contributed by atoms with Gasteiger partial charge in [0.05, 0.1) is 32.8 Å². The maximum atomic E-state index is 11.5. The molecule has 0 saturated heterocycles. The van der Waals surface area contributed by atoms with Crippen LogP contribution in [0.25, 0.3) is 0 Å². The van der Waals surface area contributed by atoms with Crippen molar-refractivity contribution in [1.29, 1.82) is 5.26 Å². The summed E-state index contributed by atoms with van der Waals surface area (Å²) in [5.41, 5.74) is 12.3. The SMILES string of the molecule is CCOC(=O)C(C#N)C(N)Nc1ccc(Cl)c(Cl)c1.Nc1ccc(Cl)c(Cl)c1. The van der Waals surface area contributed by atoms with Crippen molar-refractivity contribution < 1.29 is 9.53 Å². The molecule has 0 aromatic heterocycles. The minimum Gasteiger partial charge on any atom is -0.465 e. The minimum absolute atomic E-state index is 0.191. The molecule has 2 aromatic carbocycles. The summed E-state index contributed by atoms with van der Waals surface area (Å²) in [6.07, 6.45) is -0.902. The molecule has 0 aliphatic carbocycles. The highest BCUT2D eigenvalue weighted by Gasteiger charge is 2.26. The van der Waals surface area contributed by atoms with Crippen LogP contribution in [-0.4, -0.2) is 18.7 Å². The van der Waals surface area contributed by atoms with Crippen LogP contribution >= 0.6 is 46.4 Å². The van der Waals surface area contributed by atoms with E-state index in [1.165, 1.54) is 0 Å². The van der Waals surface area contributed by atoms with Gasteiger partial charge in [0.1, 0.15) is 6.17 Å². The highest BCUT2D eigenvalue weighted by molar-refractivity contribution is 6.42. The number of nitrogens with zero attached hydrogens (tertiary/aromatic N) is 1.